The van der Waals surface area contributed by atoms with Crippen LogP contribution in [0.5, 0.6) is 0 Å². The first-order valence-electron chi connectivity index (χ1n) is 7.42. The fourth-order valence-electron chi connectivity index (χ4n) is 2.26. The van der Waals surface area contributed by atoms with E-state index in [4.69, 9.17) is 17.3 Å². The lowest BCUT2D eigenvalue weighted by Gasteiger charge is -2.28. The Bertz CT molecular complexity index is 702. The molecule has 0 spiro atoms. The van der Waals surface area contributed by atoms with E-state index in [1.165, 1.54) is 11.3 Å². The number of rotatable bonds is 5. The minimum Gasteiger partial charge on any atom is -0.340 e. The molecule has 0 saturated heterocycles. The van der Waals surface area contributed by atoms with E-state index in [-0.39, 0.29) is 36.1 Å². The quantitative estimate of drug-likeness (QED) is 0.758. The fraction of sp³-hybridized carbons (Fsp3) is 0.412. The van der Waals surface area contributed by atoms with Gasteiger partial charge in [-0.15, -0.1) is 36.2 Å². The van der Waals surface area contributed by atoms with Crippen LogP contribution in [-0.2, 0) is 0 Å². The molecule has 1 aromatic heterocycles. The Hall–Kier alpha value is -0.850. The number of aromatic nitrogens is 1. The average Bonchev–Trinajstić information content (AvgIpc) is 2.88. The zero-order chi connectivity index (χ0) is 17.2. The van der Waals surface area contributed by atoms with Crippen molar-refractivity contribution in [1.29, 1.82) is 0 Å². The van der Waals surface area contributed by atoms with Crippen molar-refractivity contribution in [2.24, 2.45) is 11.1 Å². The number of aryl methyl sites for hydroxylation is 1. The van der Waals surface area contributed by atoms with Gasteiger partial charge in [-0.3, -0.25) is 4.79 Å². The molecule has 2 rings (SSSR count). The van der Waals surface area contributed by atoms with Crippen molar-refractivity contribution >= 4 is 53.7 Å². The predicted octanol–water partition coefficient (Wildman–Crippen LogP) is 4.67. The summed E-state index contributed by atoms with van der Waals surface area (Å²) < 4.78 is 0. The molecule has 0 aliphatic heterocycles. The van der Waals surface area contributed by atoms with Crippen LogP contribution in [0.2, 0.25) is 5.02 Å². The molecule has 0 bridgehead atoms. The SMILES string of the molecule is Cc1nc(-c2ccc(Cl)cc2)sc1C(=O)N(C)CC(C)(C)CN.Cl.Cl. The summed E-state index contributed by atoms with van der Waals surface area (Å²) in [4.78, 5) is 19.6. The van der Waals surface area contributed by atoms with Crippen molar-refractivity contribution < 1.29 is 4.79 Å². The molecule has 0 aliphatic carbocycles. The second-order valence-corrected chi connectivity index (χ2v) is 7.91. The summed E-state index contributed by atoms with van der Waals surface area (Å²) in [6.45, 7) is 7.11. The van der Waals surface area contributed by atoms with E-state index < -0.39 is 0 Å². The van der Waals surface area contributed by atoms with Crippen LogP contribution in [-0.4, -0.2) is 35.9 Å². The van der Waals surface area contributed by atoms with Crippen molar-refractivity contribution in [1.82, 2.24) is 9.88 Å². The lowest BCUT2D eigenvalue weighted by Crippen LogP contribution is -2.39. The topological polar surface area (TPSA) is 59.2 Å². The normalized spacial score (nSPS) is 10.6. The van der Waals surface area contributed by atoms with Crippen LogP contribution >= 0.6 is 47.8 Å². The maximum atomic E-state index is 12.7. The summed E-state index contributed by atoms with van der Waals surface area (Å²) >= 11 is 7.33. The highest BCUT2D eigenvalue weighted by molar-refractivity contribution is 7.17. The fourth-order valence-corrected chi connectivity index (χ4v) is 3.45. The molecular weight excluding hydrogens is 401 g/mol. The number of nitrogens with zero attached hydrogens (tertiary/aromatic N) is 2. The molecule has 0 saturated carbocycles. The highest BCUT2D eigenvalue weighted by atomic mass is 35.5. The van der Waals surface area contributed by atoms with Crippen molar-refractivity contribution in [3.05, 3.63) is 39.9 Å². The molecule has 0 unspecified atom stereocenters. The standard InChI is InChI=1S/C17H22ClN3OS.2ClH/c1-11-14(16(22)21(4)10-17(2,3)9-19)23-15(20-11)12-5-7-13(18)8-6-12;;/h5-8H,9-10,19H2,1-4H3;2*1H. The van der Waals surface area contributed by atoms with Crippen molar-refractivity contribution in [3.63, 3.8) is 0 Å². The van der Waals surface area contributed by atoms with E-state index in [1.807, 2.05) is 31.2 Å². The zero-order valence-corrected chi connectivity index (χ0v) is 17.9. The van der Waals surface area contributed by atoms with Gasteiger partial charge in [-0.25, -0.2) is 4.98 Å². The molecule has 2 aromatic rings. The minimum absolute atomic E-state index is 0. The molecule has 0 aliphatic rings. The molecule has 8 heteroatoms. The molecule has 140 valence electrons. The monoisotopic (exact) mass is 423 g/mol. The highest BCUT2D eigenvalue weighted by Gasteiger charge is 2.25. The number of carbonyl (C=O) groups is 1. The zero-order valence-electron chi connectivity index (χ0n) is 14.7. The third kappa shape index (κ3) is 6.12. The van der Waals surface area contributed by atoms with Crippen LogP contribution in [0.4, 0.5) is 0 Å². The molecule has 2 N–H and O–H groups in total. The number of thiazole rings is 1. The van der Waals surface area contributed by atoms with E-state index in [9.17, 15) is 4.79 Å². The van der Waals surface area contributed by atoms with E-state index in [2.05, 4.69) is 18.8 Å². The van der Waals surface area contributed by atoms with E-state index >= 15 is 0 Å². The number of halogens is 3. The van der Waals surface area contributed by atoms with Gasteiger partial charge in [0.15, 0.2) is 0 Å². The van der Waals surface area contributed by atoms with Crippen LogP contribution in [0.25, 0.3) is 10.6 Å². The minimum atomic E-state index is -0.109. The van der Waals surface area contributed by atoms with Crippen LogP contribution in [0.15, 0.2) is 24.3 Å². The summed E-state index contributed by atoms with van der Waals surface area (Å²) in [5.74, 6) is -0.0123. The van der Waals surface area contributed by atoms with Gasteiger partial charge < -0.3 is 10.6 Å². The van der Waals surface area contributed by atoms with Gasteiger partial charge in [0, 0.05) is 24.2 Å². The first-order valence-corrected chi connectivity index (χ1v) is 8.62. The lowest BCUT2D eigenvalue weighted by atomic mass is 9.93. The van der Waals surface area contributed by atoms with E-state index in [0.29, 0.717) is 23.0 Å². The van der Waals surface area contributed by atoms with Gasteiger partial charge in [0.1, 0.15) is 9.88 Å². The third-order valence-corrected chi connectivity index (χ3v) is 5.09. The number of amides is 1. The van der Waals surface area contributed by atoms with Gasteiger partial charge in [0.25, 0.3) is 5.91 Å². The summed E-state index contributed by atoms with van der Waals surface area (Å²) in [5, 5.41) is 1.51. The van der Waals surface area contributed by atoms with Crippen molar-refractivity contribution in [3.8, 4) is 10.6 Å². The molecule has 1 aromatic carbocycles. The van der Waals surface area contributed by atoms with Crippen LogP contribution in [0.3, 0.4) is 0 Å². The second kappa shape index (κ2) is 9.74. The number of benzene rings is 1. The van der Waals surface area contributed by atoms with E-state index in [1.54, 1.807) is 11.9 Å². The van der Waals surface area contributed by atoms with Gasteiger partial charge in [-0.05, 0) is 31.0 Å². The summed E-state index contributed by atoms with van der Waals surface area (Å²) in [6, 6.07) is 7.47. The van der Waals surface area contributed by atoms with Gasteiger partial charge in [0.05, 0.1) is 5.69 Å². The summed E-state index contributed by atoms with van der Waals surface area (Å²) in [5.41, 5.74) is 7.36. The maximum absolute atomic E-state index is 12.7. The molecule has 1 heterocycles. The Kier molecular flexibility index (Phi) is 9.41. The Labute approximate surface area is 170 Å². The number of nitrogens with two attached hydrogens (primary N) is 1. The van der Waals surface area contributed by atoms with E-state index in [0.717, 1.165) is 16.3 Å². The van der Waals surface area contributed by atoms with Crippen molar-refractivity contribution in [2.75, 3.05) is 20.1 Å². The Balaban J connectivity index is 0.00000288. The van der Waals surface area contributed by atoms with Gasteiger partial charge in [0.2, 0.25) is 0 Å². The van der Waals surface area contributed by atoms with Crippen LogP contribution in [0.1, 0.15) is 29.2 Å². The van der Waals surface area contributed by atoms with Crippen LogP contribution < -0.4 is 5.73 Å². The first-order chi connectivity index (χ1) is 10.7. The van der Waals surface area contributed by atoms with Crippen molar-refractivity contribution in [2.45, 2.75) is 20.8 Å². The molecular formula is C17H24Cl3N3OS. The highest BCUT2D eigenvalue weighted by Crippen LogP contribution is 2.30. The Morgan fingerprint density at radius 2 is 1.84 bits per heavy atom. The molecule has 0 radical (unpaired) electrons. The molecule has 0 fully saturated rings. The smallest absolute Gasteiger partial charge is 0.265 e. The molecule has 4 nitrogen and oxygen atoms in total. The molecule has 0 atom stereocenters. The van der Waals surface area contributed by atoms with Gasteiger partial charge in [-0.2, -0.15) is 0 Å². The molecule has 1 amide bonds. The second-order valence-electron chi connectivity index (χ2n) is 6.47. The number of carbonyl (C=O) groups excluding carboxylic acids is 1. The number of hydrogen-bond donors (Lipinski definition) is 1. The molecule has 25 heavy (non-hydrogen) atoms. The summed E-state index contributed by atoms with van der Waals surface area (Å²) in [6.07, 6.45) is 0. The van der Waals surface area contributed by atoms with Crippen LogP contribution in [0, 0.1) is 12.3 Å². The largest absolute Gasteiger partial charge is 0.340 e. The third-order valence-electron chi connectivity index (χ3n) is 3.65. The Morgan fingerprint density at radius 1 is 1.28 bits per heavy atom. The average molecular weight is 425 g/mol. The number of hydrogen-bond acceptors (Lipinski definition) is 4. The predicted molar refractivity (Wildman–Crippen MR) is 112 cm³/mol. The first kappa shape index (κ1) is 24.1. The maximum Gasteiger partial charge on any atom is 0.265 e. The van der Waals surface area contributed by atoms with Gasteiger partial charge in [-0.1, -0.05) is 37.6 Å². The summed E-state index contributed by atoms with van der Waals surface area (Å²) in [7, 11) is 1.81. The Morgan fingerprint density at radius 3 is 2.36 bits per heavy atom. The van der Waals surface area contributed by atoms with Gasteiger partial charge >= 0.3 is 0 Å². The lowest BCUT2D eigenvalue weighted by molar-refractivity contribution is 0.0744.